The molecular weight excluding hydrogens is 297 g/mol. The standard InChI is InChI=1S/C18H18FNOS/c19-16-8-6-14(7-9-16)13-21-17-5-3-4-15(12-17)18(22)20-10-1-2-11-20/h3-9,12H,1-2,10-11,13H2. The van der Waals surface area contributed by atoms with Crippen molar-refractivity contribution in [1.29, 1.82) is 0 Å². The summed E-state index contributed by atoms with van der Waals surface area (Å²) in [5.41, 5.74) is 1.96. The summed E-state index contributed by atoms with van der Waals surface area (Å²) in [6.07, 6.45) is 2.42. The van der Waals surface area contributed by atoms with E-state index in [1.54, 1.807) is 12.1 Å². The van der Waals surface area contributed by atoms with Crippen LogP contribution in [0.3, 0.4) is 0 Å². The normalized spacial score (nSPS) is 14.1. The van der Waals surface area contributed by atoms with Crippen molar-refractivity contribution in [2.75, 3.05) is 13.1 Å². The third kappa shape index (κ3) is 3.63. The molecule has 0 N–H and O–H groups in total. The van der Waals surface area contributed by atoms with Crippen molar-refractivity contribution in [1.82, 2.24) is 4.90 Å². The quantitative estimate of drug-likeness (QED) is 0.786. The molecule has 3 rings (SSSR count). The van der Waals surface area contributed by atoms with E-state index in [4.69, 9.17) is 17.0 Å². The summed E-state index contributed by atoms with van der Waals surface area (Å²) in [6.45, 7) is 2.50. The third-order valence-electron chi connectivity index (χ3n) is 3.79. The molecule has 0 atom stereocenters. The maximum Gasteiger partial charge on any atom is 0.123 e. The highest BCUT2D eigenvalue weighted by Gasteiger charge is 2.16. The van der Waals surface area contributed by atoms with Crippen molar-refractivity contribution in [2.24, 2.45) is 0 Å². The van der Waals surface area contributed by atoms with E-state index >= 15 is 0 Å². The van der Waals surface area contributed by atoms with Crippen LogP contribution in [0.1, 0.15) is 24.0 Å². The summed E-state index contributed by atoms with van der Waals surface area (Å²) in [5, 5.41) is 0. The van der Waals surface area contributed by atoms with Gasteiger partial charge in [0.05, 0.1) is 0 Å². The Morgan fingerprint density at radius 3 is 2.55 bits per heavy atom. The molecule has 0 unspecified atom stereocenters. The van der Waals surface area contributed by atoms with E-state index in [9.17, 15) is 4.39 Å². The lowest BCUT2D eigenvalue weighted by molar-refractivity contribution is 0.306. The molecule has 0 radical (unpaired) electrons. The van der Waals surface area contributed by atoms with Gasteiger partial charge in [0, 0.05) is 18.7 Å². The average Bonchev–Trinajstić information content (AvgIpc) is 3.08. The molecule has 0 aromatic heterocycles. The second-order valence-electron chi connectivity index (χ2n) is 5.44. The predicted octanol–water partition coefficient (Wildman–Crippen LogP) is 4.18. The molecule has 0 saturated carbocycles. The number of halogens is 1. The fraction of sp³-hybridized carbons (Fsp3) is 0.278. The SMILES string of the molecule is Fc1ccc(COc2cccc(C(=S)N3CCCC3)c2)cc1. The molecular formula is C18H18FNOS. The largest absolute Gasteiger partial charge is 0.489 e. The first kappa shape index (κ1) is 15.0. The van der Waals surface area contributed by atoms with Gasteiger partial charge in [0.2, 0.25) is 0 Å². The first-order valence-electron chi connectivity index (χ1n) is 7.49. The van der Waals surface area contributed by atoms with Crippen LogP contribution < -0.4 is 4.74 Å². The monoisotopic (exact) mass is 315 g/mol. The fourth-order valence-electron chi connectivity index (χ4n) is 2.57. The Balaban J connectivity index is 1.65. The molecule has 1 heterocycles. The second kappa shape index (κ2) is 6.88. The van der Waals surface area contributed by atoms with Crippen LogP contribution in [0.25, 0.3) is 0 Å². The molecule has 0 bridgehead atoms. The van der Waals surface area contributed by atoms with Gasteiger partial charge in [0.15, 0.2) is 0 Å². The summed E-state index contributed by atoms with van der Waals surface area (Å²) < 4.78 is 18.7. The predicted molar refractivity (Wildman–Crippen MR) is 89.7 cm³/mol. The Hall–Kier alpha value is -1.94. The van der Waals surface area contributed by atoms with Crippen molar-refractivity contribution in [3.63, 3.8) is 0 Å². The van der Waals surface area contributed by atoms with Gasteiger partial charge in [0.25, 0.3) is 0 Å². The number of hydrogen-bond acceptors (Lipinski definition) is 2. The number of likely N-dealkylation sites (tertiary alicyclic amines) is 1. The number of nitrogens with zero attached hydrogens (tertiary/aromatic N) is 1. The zero-order valence-electron chi connectivity index (χ0n) is 12.3. The number of thiocarbonyl (C=S) groups is 1. The van der Waals surface area contributed by atoms with Gasteiger partial charge in [-0.1, -0.05) is 36.5 Å². The topological polar surface area (TPSA) is 12.5 Å². The first-order valence-corrected chi connectivity index (χ1v) is 7.90. The van der Waals surface area contributed by atoms with Gasteiger partial charge in [-0.05, 0) is 42.7 Å². The van der Waals surface area contributed by atoms with Crippen LogP contribution in [0.15, 0.2) is 48.5 Å². The summed E-state index contributed by atoms with van der Waals surface area (Å²) in [7, 11) is 0. The van der Waals surface area contributed by atoms with Crippen LogP contribution in [-0.4, -0.2) is 23.0 Å². The summed E-state index contributed by atoms with van der Waals surface area (Å²) in [5.74, 6) is 0.546. The maximum absolute atomic E-state index is 12.9. The minimum atomic E-state index is -0.235. The third-order valence-corrected chi connectivity index (χ3v) is 4.29. The van der Waals surface area contributed by atoms with Crippen molar-refractivity contribution in [2.45, 2.75) is 19.4 Å². The number of hydrogen-bond donors (Lipinski definition) is 0. The summed E-state index contributed by atoms with van der Waals surface area (Å²) >= 11 is 5.56. The van der Waals surface area contributed by atoms with Crippen LogP contribution in [-0.2, 0) is 6.61 Å². The van der Waals surface area contributed by atoms with Crippen LogP contribution in [0.4, 0.5) is 4.39 Å². The highest BCUT2D eigenvalue weighted by Crippen LogP contribution is 2.19. The summed E-state index contributed by atoms with van der Waals surface area (Å²) in [6, 6.07) is 14.2. The van der Waals surface area contributed by atoms with Crippen LogP contribution >= 0.6 is 12.2 Å². The van der Waals surface area contributed by atoms with Crippen molar-refractivity contribution in [3.8, 4) is 5.75 Å². The molecule has 0 aliphatic carbocycles. The van der Waals surface area contributed by atoms with Crippen LogP contribution in [0.2, 0.25) is 0 Å². The Labute approximate surface area is 135 Å². The molecule has 1 fully saturated rings. The minimum Gasteiger partial charge on any atom is -0.489 e. The Morgan fingerprint density at radius 1 is 1.09 bits per heavy atom. The van der Waals surface area contributed by atoms with E-state index in [1.165, 1.54) is 25.0 Å². The van der Waals surface area contributed by atoms with E-state index < -0.39 is 0 Å². The van der Waals surface area contributed by atoms with E-state index in [-0.39, 0.29) is 5.82 Å². The minimum absolute atomic E-state index is 0.235. The van der Waals surface area contributed by atoms with E-state index in [0.29, 0.717) is 6.61 Å². The zero-order chi connectivity index (χ0) is 15.4. The molecule has 22 heavy (non-hydrogen) atoms. The average molecular weight is 315 g/mol. The molecule has 0 spiro atoms. The van der Waals surface area contributed by atoms with E-state index in [2.05, 4.69) is 4.90 Å². The lowest BCUT2D eigenvalue weighted by Crippen LogP contribution is -2.26. The molecule has 114 valence electrons. The summed E-state index contributed by atoms with van der Waals surface area (Å²) in [4.78, 5) is 3.14. The Kier molecular flexibility index (Phi) is 4.68. The van der Waals surface area contributed by atoms with Crippen LogP contribution in [0.5, 0.6) is 5.75 Å². The number of ether oxygens (including phenoxy) is 1. The first-order chi connectivity index (χ1) is 10.7. The lowest BCUT2D eigenvalue weighted by Gasteiger charge is -2.19. The Morgan fingerprint density at radius 2 is 1.82 bits per heavy atom. The van der Waals surface area contributed by atoms with Crippen molar-refractivity contribution >= 4 is 17.2 Å². The molecule has 2 nitrogen and oxygen atoms in total. The highest BCUT2D eigenvalue weighted by atomic mass is 32.1. The van der Waals surface area contributed by atoms with E-state index in [0.717, 1.165) is 35.0 Å². The van der Waals surface area contributed by atoms with Gasteiger partial charge < -0.3 is 9.64 Å². The number of benzene rings is 2. The van der Waals surface area contributed by atoms with Gasteiger partial charge >= 0.3 is 0 Å². The van der Waals surface area contributed by atoms with Gasteiger partial charge in [-0.25, -0.2) is 4.39 Å². The zero-order valence-corrected chi connectivity index (χ0v) is 13.1. The van der Waals surface area contributed by atoms with Crippen molar-refractivity contribution in [3.05, 3.63) is 65.5 Å². The molecule has 4 heteroatoms. The van der Waals surface area contributed by atoms with Gasteiger partial charge in [-0.2, -0.15) is 0 Å². The molecule has 1 aliphatic rings. The number of rotatable bonds is 4. The smallest absolute Gasteiger partial charge is 0.123 e. The van der Waals surface area contributed by atoms with Gasteiger partial charge in [-0.15, -0.1) is 0 Å². The molecule has 0 amide bonds. The van der Waals surface area contributed by atoms with Crippen molar-refractivity contribution < 1.29 is 9.13 Å². The Bertz CT molecular complexity index is 650. The molecule has 2 aromatic carbocycles. The molecule has 1 saturated heterocycles. The van der Waals surface area contributed by atoms with E-state index in [1.807, 2.05) is 24.3 Å². The fourth-order valence-corrected chi connectivity index (χ4v) is 2.88. The highest BCUT2D eigenvalue weighted by molar-refractivity contribution is 7.80. The lowest BCUT2D eigenvalue weighted by atomic mass is 10.2. The van der Waals surface area contributed by atoms with Gasteiger partial charge in [-0.3, -0.25) is 0 Å². The maximum atomic E-state index is 12.9. The van der Waals surface area contributed by atoms with Gasteiger partial charge in [0.1, 0.15) is 23.2 Å². The van der Waals surface area contributed by atoms with Crippen LogP contribution in [0, 0.1) is 5.82 Å². The molecule has 1 aliphatic heterocycles. The second-order valence-corrected chi connectivity index (χ2v) is 5.83. The molecule has 2 aromatic rings.